The van der Waals surface area contributed by atoms with Crippen molar-refractivity contribution in [2.24, 2.45) is 11.8 Å². The van der Waals surface area contributed by atoms with Gasteiger partial charge < -0.3 is 25.1 Å². The molecular formula is C24H40N6O5. The van der Waals surface area contributed by atoms with Gasteiger partial charge in [-0.2, -0.15) is 0 Å². The number of nitrogens with zero attached hydrogens (tertiary/aromatic N) is 3. The van der Waals surface area contributed by atoms with Gasteiger partial charge in [-0.25, -0.2) is 5.43 Å². The van der Waals surface area contributed by atoms with Gasteiger partial charge in [-0.15, -0.1) is 0 Å². The van der Waals surface area contributed by atoms with Crippen molar-refractivity contribution >= 4 is 23.7 Å². The third kappa shape index (κ3) is 5.95. The standard InChI is InChI=1S/C24H40N6O5/c1-28(11-9-21(32)33)20(31)8-10-29(2)24(35)22-16-14-30(12-7-18(16)26-27-22)23(34)19-13-15-5-3-4-6-17(15)25-19/h15-19,22,25-27H,3-14H2,1-2H3,(H,32,33). The summed E-state index contributed by atoms with van der Waals surface area (Å²) in [7, 11) is 3.25. The van der Waals surface area contributed by atoms with Crippen molar-refractivity contribution in [2.75, 3.05) is 40.3 Å². The van der Waals surface area contributed by atoms with Gasteiger partial charge in [0.25, 0.3) is 0 Å². The van der Waals surface area contributed by atoms with Gasteiger partial charge in [0, 0.05) is 64.7 Å². The van der Waals surface area contributed by atoms with Crippen LogP contribution in [0.25, 0.3) is 0 Å². The molecule has 3 aliphatic heterocycles. The Labute approximate surface area is 206 Å². The first-order valence-corrected chi connectivity index (χ1v) is 13.0. The third-order valence-corrected chi connectivity index (χ3v) is 8.37. The molecule has 0 aromatic carbocycles. The number of carbonyl (C=O) groups excluding carboxylic acids is 3. The smallest absolute Gasteiger partial charge is 0.305 e. The largest absolute Gasteiger partial charge is 0.481 e. The maximum absolute atomic E-state index is 13.3. The summed E-state index contributed by atoms with van der Waals surface area (Å²) < 4.78 is 0. The predicted molar refractivity (Wildman–Crippen MR) is 128 cm³/mol. The van der Waals surface area contributed by atoms with Crippen LogP contribution in [0.1, 0.15) is 51.4 Å². The normalized spacial score (nSPS) is 32.0. The first-order chi connectivity index (χ1) is 16.7. The molecule has 1 aliphatic carbocycles. The van der Waals surface area contributed by atoms with E-state index in [-0.39, 0.29) is 61.7 Å². The fourth-order valence-corrected chi connectivity index (χ4v) is 6.17. The number of nitrogens with one attached hydrogen (secondary N) is 3. The Hall–Kier alpha value is -2.24. The summed E-state index contributed by atoms with van der Waals surface area (Å²) in [5, 5.41) is 12.4. The highest BCUT2D eigenvalue weighted by Gasteiger charge is 2.47. The second kappa shape index (κ2) is 11.2. The van der Waals surface area contributed by atoms with E-state index in [1.54, 1.807) is 19.0 Å². The van der Waals surface area contributed by atoms with Crippen molar-refractivity contribution in [1.29, 1.82) is 0 Å². The molecule has 0 radical (unpaired) electrons. The zero-order valence-electron chi connectivity index (χ0n) is 20.9. The van der Waals surface area contributed by atoms with Crippen molar-refractivity contribution < 1.29 is 24.3 Å². The van der Waals surface area contributed by atoms with Gasteiger partial charge in [0.1, 0.15) is 6.04 Å². The summed E-state index contributed by atoms with van der Waals surface area (Å²) in [6, 6.07) is 0.0331. The number of carbonyl (C=O) groups is 4. The van der Waals surface area contributed by atoms with Crippen LogP contribution in [-0.4, -0.2) is 108 Å². The minimum atomic E-state index is -0.951. The SMILES string of the molecule is CN(CCC(=O)O)C(=O)CCN(C)C(=O)C1NNC2CCN(C(=O)C3CC4CCCCC4N3)CC21. The van der Waals surface area contributed by atoms with Crippen LogP contribution in [0.4, 0.5) is 0 Å². The van der Waals surface area contributed by atoms with Gasteiger partial charge in [0.15, 0.2) is 0 Å². The Balaban J connectivity index is 1.28. The van der Waals surface area contributed by atoms with E-state index in [2.05, 4.69) is 16.2 Å². The number of piperidine rings is 1. The van der Waals surface area contributed by atoms with E-state index >= 15 is 0 Å². The van der Waals surface area contributed by atoms with Crippen molar-refractivity contribution in [2.45, 2.75) is 75.5 Å². The molecule has 3 amide bonds. The minimum absolute atomic E-state index is 0.0275. The van der Waals surface area contributed by atoms with Gasteiger partial charge in [-0.3, -0.25) is 24.6 Å². The Bertz CT molecular complexity index is 810. The highest BCUT2D eigenvalue weighted by atomic mass is 16.4. The summed E-state index contributed by atoms with van der Waals surface area (Å²) in [4.78, 5) is 54.4. The van der Waals surface area contributed by atoms with Crippen molar-refractivity contribution in [3.05, 3.63) is 0 Å². The molecule has 3 heterocycles. The molecule has 35 heavy (non-hydrogen) atoms. The monoisotopic (exact) mass is 492 g/mol. The lowest BCUT2D eigenvalue weighted by atomic mass is 9.84. The van der Waals surface area contributed by atoms with Crippen molar-refractivity contribution in [3.63, 3.8) is 0 Å². The van der Waals surface area contributed by atoms with Crippen LogP contribution in [-0.2, 0) is 19.2 Å². The Morgan fingerprint density at radius 3 is 2.43 bits per heavy atom. The molecule has 196 valence electrons. The topological polar surface area (TPSA) is 134 Å². The molecule has 11 heteroatoms. The lowest BCUT2D eigenvalue weighted by molar-refractivity contribution is -0.139. The van der Waals surface area contributed by atoms with E-state index in [0.717, 1.165) is 19.3 Å². The molecule has 6 atom stereocenters. The Morgan fingerprint density at radius 2 is 1.69 bits per heavy atom. The quantitative estimate of drug-likeness (QED) is 0.352. The average molecular weight is 493 g/mol. The molecular weight excluding hydrogens is 452 g/mol. The second-order valence-corrected chi connectivity index (χ2v) is 10.7. The minimum Gasteiger partial charge on any atom is -0.481 e. The predicted octanol–water partition coefficient (Wildman–Crippen LogP) is -0.618. The number of likely N-dealkylation sites (N-methyl/N-ethyl adjacent to an activating group) is 1. The van der Waals surface area contributed by atoms with Crippen LogP contribution in [0.3, 0.4) is 0 Å². The molecule has 4 aliphatic rings. The molecule has 0 spiro atoms. The molecule has 3 saturated heterocycles. The number of fused-ring (bicyclic) bond motifs is 2. The number of hydrogen-bond donors (Lipinski definition) is 4. The van der Waals surface area contributed by atoms with E-state index < -0.39 is 12.0 Å². The zero-order chi connectivity index (χ0) is 25.1. The van der Waals surface area contributed by atoms with Gasteiger partial charge in [-0.1, -0.05) is 12.8 Å². The summed E-state index contributed by atoms with van der Waals surface area (Å²) in [6.45, 7) is 1.63. The van der Waals surface area contributed by atoms with Gasteiger partial charge in [0.05, 0.1) is 12.5 Å². The first kappa shape index (κ1) is 25.8. The fraction of sp³-hybridized carbons (Fsp3) is 0.833. The highest BCUT2D eigenvalue weighted by molar-refractivity contribution is 5.85. The second-order valence-electron chi connectivity index (χ2n) is 10.7. The van der Waals surface area contributed by atoms with Crippen molar-refractivity contribution in [1.82, 2.24) is 30.9 Å². The molecule has 0 aromatic heterocycles. The summed E-state index contributed by atoms with van der Waals surface area (Å²) in [6.07, 6.45) is 6.61. The molecule has 4 N–H and O–H groups in total. The Kier molecular flexibility index (Phi) is 8.28. The number of carboxylic acid groups (broad SMARTS) is 1. The summed E-state index contributed by atoms with van der Waals surface area (Å²) in [5.41, 5.74) is 6.38. The summed E-state index contributed by atoms with van der Waals surface area (Å²) in [5.74, 6) is -0.502. The summed E-state index contributed by atoms with van der Waals surface area (Å²) >= 11 is 0. The first-order valence-electron chi connectivity index (χ1n) is 13.0. The molecule has 11 nitrogen and oxygen atoms in total. The zero-order valence-corrected chi connectivity index (χ0v) is 20.9. The van der Waals surface area contributed by atoms with E-state index in [4.69, 9.17) is 5.11 Å². The van der Waals surface area contributed by atoms with Crippen molar-refractivity contribution in [3.8, 4) is 0 Å². The molecule has 6 unspecified atom stereocenters. The average Bonchev–Trinajstić information content (AvgIpc) is 3.48. The van der Waals surface area contributed by atoms with Crippen LogP contribution in [0.15, 0.2) is 0 Å². The number of hydrogen-bond acceptors (Lipinski definition) is 7. The molecule has 0 aromatic rings. The van der Waals surface area contributed by atoms with E-state index in [1.807, 2.05) is 4.90 Å². The van der Waals surface area contributed by atoms with Crippen LogP contribution in [0, 0.1) is 11.8 Å². The maximum atomic E-state index is 13.3. The van der Waals surface area contributed by atoms with Gasteiger partial charge >= 0.3 is 5.97 Å². The van der Waals surface area contributed by atoms with Gasteiger partial charge in [-0.05, 0) is 31.6 Å². The van der Waals surface area contributed by atoms with E-state index in [1.165, 1.54) is 24.2 Å². The molecule has 4 fully saturated rings. The molecule has 0 bridgehead atoms. The lowest BCUT2D eigenvalue weighted by Crippen LogP contribution is -2.55. The van der Waals surface area contributed by atoms with Crippen LogP contribution in [0.2, 0.25) is 0 Å². The number of carboxylic acids is 1. The number of aliphatic carboxylic acids is 1. The number of rotatable bonds is 8. The van der Waals surface area contributed by atoms with E-state index in [0.29, 0.717) is 25.0 Å². The molecule has 1 saturated carbocycles. The van der Waals surface area contributed by atoms with Gasteiger partial charge in [0.2, 0.25) is 17.7 Å². The van der Waals surface area contributed by atoms with Crippen LogP contribution in [0.5, 0.6) is 0 Å². The Morgan fingerprint density at radius 1 is 0.943 bits per heavy atom. The maximum Gasteiger partial charge on any atom is 0.305 e. The highest BCUT2D eigenvalue weighted by Crippen LogP contribution is 2.34. The lowest BCUT2D eigenvalue weighted by Gasteiger charge is -2.37. The molecule has 4 rings (SSSR count). The fourth-order valence-electron chi connectivity index (χ4n) is 6.17. The number of hydrazine groups is 1. The number of amides is 3. The van der Waals surface area contributed by atoms with E-state index in [9.17, 15) is 19.2 Å². The van der Waals surface area contributed by atoms with Crippen LogP contribution >= 0.6 is 0 Å². The third-order valence-electron chi connectivity index (χ3n) is 8.37. The van der Waals surface area contributed by atoms with Crippen LogP contribution < -0.4 is 16.2 Å². The number of likely N-dealkylation sites (tertiary alicyclic amines) is 1.